The third-order valence-corrected chi connectivity index (χ3v) is 3.68. The molecule has 1 amide bonds. The van der Waals surface area contributed by atoms with E-state index in [4.69, 9.17) is 16.7 Å². The Hall–Kier alpha value is -1.07. The van der Waals surface area contributed by atoms with Crippen LogP contribution in [0.1, 0.15) is 22.3 Å². The molecule has 2 N–H and O–H groups in total. The van der Waals surface area contributed by atoms with Crippen LogP contribution in [0.25, 0.3) is 0 Å². The Morgan fingerprint density at radius 3 is 2.65 bits per heavy atom. The van der Waals surface area contributed by atoms with Gasteiger partial charge in [0.1, 0.15) is 0 Å². The number of aryl methyl sites for hydroxylation is 1. The van der Waals surface area contributed by atoms with Crippen molar-refractivity contribution in [1.82, 2.24) is 5.32 Å². The van der Waals surface area contributed by atoms with Gasteiger partial charge in [-0.25, -0.2) is 0 Å². The molecule has 0 heterocycles. The van der Waals surface area contributed by atoms with Crippen LogP contribution in [0.3, 0.4) is 0 Å². The van der Waals surface area contributed by atoms with Crippen molar-refractivity contribution in [3.8, 4) is 0 Å². The SMILES string of the molecule is Cc1cc(C(=O)NCCC(=O)O)cc(Cl)c1Br. The summed E-state index contributed by atoms with van der Waals surface area (Å²) in [6.07, 6.45) is -0.102. The maximum Gasteiger partial charge on any atom is 0.305 e. The van der Waals surface area contributed by atoms with Crippen LogP contribution >= 0.6 is 27.5 Å². The number of carbonyl (C=O) groups excluding carboxylic acids is 1. The highest BCUT2D eigenvalue weighted by Crippen LogP contribution is 2.27. The van der Waals surface area contributed by atoms with E-state index in [9.17, 15) is 9.59 Å². The highest BCUT2D eigenvalue weighted by Gasteiger charge is 2.10. The molecule has 0 atom stereocenters. The van der Waals surface area contributed by atoms with Gasteiger partial charge in [-0.3, -0.25) is 9.59 Å². The van der Waals surface area contributed by atoms with Crippen molar-refractivity contribution >= 4 is 39.4 Å². The molecule has 0 saturated carbocycles. The summed E-state index contributed by atoms with van der Waals surface area (Å²) in [5.41, 5.74) is 1.27. The van der Waals surface area contributed by atoms with Gasteiger partial charge < -0.3 is 10.4 Å². The summed E-state index contributed by atoms with van der Waals surface area (Å²) in [4.78, 5) is 22.0. The quantitative estimate of drug-likeness (QED) is 0.896. The summed E-state index contributed by atoms with van der Waals surface area (Å²) in [7, 11) is 0. The Bertz CT molecular complexity index is 439. The number of hydrogen-bond donors (Lipinski definition) is 2. The molecule has 0 unspecified atom stereocenters. The fourth-order valence-electron chi connectivity index (χ4n) is 1.24. The molecular weight excluding hydrogens is 309 g/mol. The number of amides is 1. The van der Waals surface area contributed by atoms with E-state index in [0.717, 1.165) is 10.0 Å². The minimum atomic E-state index is -0.949. The molecule has 0 saturated heterocycles. The van der Waals surface area contributed by atoms with E-state index in [1.54, 1.807) is 6.07 Å². The van der Waals surface area contributed by atoms with Crippen molar-refractivity contribution in [2.45, 2.75) is 13.3 Å². The fraction of sp³-hybridized carbons (Fsp3) is 0.273. The highest BCUT2D eigenvalue weighted by molar-refractivity contribution is 9.10. The number of benzene rings is 1. The molecule has 0 spiro atoms. The Labute approximate surface area is 112 Å². The van der Waals surface area contributed by atoms with Crippen LogP contribution in [0, 0.1) is 6.92 Å². The topological polar surface area (TPSA) is 66.4 Å². The summed E-state index contributed by atoms with van der Waals surface area (Å²) in [6.45, 7) is 1.92. The van der Waals surface area contributed by atoms with Crippen LogP contribution in [0.5, 0.6) is 0 Å². The summed E-state index contributed by atoms with van der Waals surface area (Å²) in [5, 5.41) is 11.4. The first kappa shape index (κ1) is 14.0. The van der Waals surface area contributed by atoms with E-state index in [1.165, 1.54) is 6.07 Å². The molecular formula is C11H11BrClNO3. The number of aliphatic carboxylic acids is 1. The lowest BCUT2D eigenvalue weighted by atomic mass is 10.1. The molecule has 4 nitrogen and oxygen atoms in total. The fourth-order valence-corrected chi connectivity index (χ4v) is 1.74. The van der Waals surface area contributed by atoms with E-state index >= 15 is 0 Å². The van der Waals surface area contributed by atoms with Crippen LogP contribution < -0.4 is 5.32 Å². The second-order valence-electron chi connectivity index (χ2n) is 3.49. The van der Waals surface area contributed by atoms with Gasteiger partial charge in [0.25, 0.3) is 5.91 Å². The smallest absolute Gasteiger partial charge is 0.305 e. The average Bonchev–Trinajstić information content (AvgIpc) is 2.24. The van der Waals surface area contributed by atoms with Gasteiger partial charge in [-0.15, -0.1) is 0 Å². The summed E-state index contributed by atoms with van der Waals surface area (Å²) >= 11 is 9.22. The average molecular weight is 321 g/mol. The lowest BCUT2D eigenvalue weighted by molar-refractivity contribution is -0.136. The number of carbonyl (C=O) groups is 2. The first-order chi connectivity index (χ1) is 7.91. The standard InChI is InChI=1S/C11H11BrClNO3/c1-6-4-7(5-8(13)10(6)12)11(17)14-3-2-9(15)16/h4-5H,2-3H2,1H3,(H,14,17)(H,15,16). The van der Waals surface area contributed by atoms with Crippen LogP contribution in [0.2, 0.25) is 5.02 Å². The van der Waals surface area contributed by atoms with Gasteiger partial charge in [0, 0.05) is 16.6 Å². The molecule has 17 heavy (non-hydrogen) atoms. The van der Waals surface area contributed by atoms with E-state index < -0.39 is 5.97 Å². The van der Waals surface area contributed by atoms with Crippen LogP contribution in [0.15, 0.2) is 16.6 Å². The molecule has 0 aromatic heterocycles. The summed E-state index contributed by atoms with van der Waals surface area (Å²) in [5.74, 6) is -1.28. The molecule has 0 aliphatic heterocycles. The van der Waals surface area contributed by atoms with Crippen molar-refractivity contribution in [2.24, 2.45) is 0 Å². The minimum Gasteiger partial charge on any atom is -0.481 e. The van der Waals surface area contributed by atoms with Gasteiger partial charge in [0.2, 0.25) is 0 Å². The number of nitrogens with one attached hydrogen (secondary N) is 1. The number of rotatable bonds is 4. The third-order valence-electron chi connectivity index (χ3n) is 2.10. The number of carboxylic acids is 1. The highest BCUT2D eigenvalue weighted by atomic mass is 79.9. The van der Waals surface area contributed by atoms with Crippen molar-refractivity contribution in [2.75, 3.05) is 6.54 Å². The van der Waals surface area contributed by atoms with E-state index in [0.29, 0.717) is 10.6 Å². The first-order valence-corrected chi connectivity index (χ1v) is 6.04. The Morgan fingerprint density at radius 2 is 2.12 bits per heavy atom. The number of carboxylic acid groups (broad SMARTS) is 1. The third kappa shape index (κ3) is 4.02. The lowest BCUT2D eigenvalue weighted by Crippen LogP contribution is -2.26. The maximum atomic E-state index is 11.7. The van der Waals surface area contributed by atoms with Gasteiger partial charge in [0.05, 0.1) is 11.4 Å². The number of halogens is 2. The van der Waals surface area contributed by atoms with Crippen LogP contribution in [0.4, 0.5) is 0 Å². The molecule has 0 aliphatic carbocycles. The molecule has 0 fully saturated rings. The van der Waals surface area contributed by atoms with Gasteiger partial charge in [-0.2, -0.15) is 0 Å². The predicted molar refractivity (Wildman–Crippen MR) is 68.5 cm³/mol. The van der Waals surface area contributed by atoms with E-state index in [1.807, 2.05) is 6.92 Å². The monoisotopic (exact) mass is 319 g/mol. The van der Waals surface area contributed by atoms with Crippen molar-refractivity contribution < 1.29 is 14.7 Å². The Kier molecular flexibility index (Phi) is 4.96. The molecule has 0 radical (unpaired) electrons. The van der Waals surface area contributed by atoms with E-state index in [-0.39, 0.29) is 18.9 Å². The number of hydrogen-bond acceptors (Lipinski definition) is 2. The minimum absolute atomic E-state index is 0.0981. The maximum absolute atomic E-state index is 11.7. The molecule has 92 valence electrons. The zero-order valence-corrected chi connectivity index (χ0v) is 11.4. The van der Waals surface area contributed by atoms with Gasteiger partial charge in [-0.05, 0) is 40.5 Å². The predicted octanol–water partition coefficient (Wildman–Crippen LogP) is 2.62. The Balaban J connectivity index is 2.73. The molecule has 0 aliphatic rings. The second-order valence-corrected chi connectivity index (χ2v) is 4.69. The van der Waals surface area contributed by atoms with Crippen molar-refractivity contribution in [3.05, 3.63) is 32.8 Å². The van der Waals surface area contributed by atoms with E-state index in [2.05, 4.69) is 21.2 Å². The van der Waals surface area contributed by atoms with Crippen LogP contribution in [-0.4, -0.2) is 23.5 Å². The molecule has 1 aromatic rings. The van der Waals surface area contributed by atoms with Gasteiger partial charge in [-0.1, -0.05) is 11.6 Å². The summed E-state index contributed by atoms with van der Waals surface area (Å²) in [6, 6.07) is 3.22. The lowest BCUT2D eigenvalue weighted by Gasteiger charge is -2.07. The molecule has 6 heteroatoms. The normalized spacial score (nSPS) is 10.1. The zero-order valence-electron chi connectivity index (χ0n) is 9.09. The first-order valence-electron chi connectivity index (χ1n) is 4.87. The Morgan fingerprint density at radius 1 is 1.47 bits per heavy atom. The molecule has 1 rings (SSSR count). The summed E-state index contributed by atoms with van der Waals surface area (Å²) < 4.78 is 0.751. The van der Waals surface area contributed by atoms with Crippen molar-refractivity contribution in [1.29, 1.82) is 0 Å². The zero-order chi connectivity index (χ0) is 13.0. The van der Waals surface area contributed by atoms with Crippen molar-refractivity contribution in [3.63, 3.8) is 0 Å². The second kappa shape index (κ2) is 6.02. The largest absolute Gasteiger partial charge is 0.481 e. The van der Waals surface area contributed by atoms with Gasteiger partial charge in [0.15, 0.2) is 0 Å². The van der Waals surface area contributed by atoms with Gasteiger partial charge >= 0.3 is 5.97 Å². The molecule has 1 aromatic carbocycles. The molecule has 0 bridgehead atoms. The van der Waals surface area contributed by atoms with Crippen LogP contribution in [-0.2, 0) is 4.79 Å².